The van der Waals surface area contributed by atoms with E-state index in [0.717, 1.165) is 9.32 Å². The van der Waals surface area contributed by atoms with Gasteiger partial charge in [0, 0.05) is 0 Å². The second kappa shape index (κ2) is 13.1. The average Bonchev–Trinajstić information content (AvgIpc) is 3.40. The van der Waals surface area contributed by atoms with Crippen molar-refractivity contribution in [3.63, 3.8) is 0 Å². The Morgan fingerprint density at radius 2 is 1.63 bits per heavy atom. The van der Waals surface area contributed by atoms with Crippen molar-refractivity contribution >= 4 is 62.4 Å². The Morgan fingerprint density at radius 3 is 2.37 bits per heavy atom. The van der Waals surface area contributed by atoms with Gasteiger partial charge in [0.1, 0.15) is 42.1 Å². The van der Waals surface area contributed by atoms with Gasteiger partial charge in [0.2, 0.25) is 5.17 Å². The highest BCUT2D eigenvalue weighted by Crippen LogP contribution is 2.35. The Balaban J connectivity index is 1.25. The SMILES string of the molecule is COc1ccc(OCCOc2c(I)cc(/C=C3/C(=N)N4N=C(COc5ccccc5)SC4=NC3=O)cc2OC)cc1. The molecule has 12 heteroatoms. The van der Waals surface area contributed by atoms with Crippen molar-refractivity contribution in [2.75, 3.05) is 34.0 Å². The Kier molecular flexibility index (Phi) is 9.09. The van der Waals surface area contributed by atoms with E-state index in [9.17, 15) is 4.79 Å². The number of benzene rings is 3. The first-order valence-corrected chi connectivity index (χ1v) is 14.3. The van der Waals surface area contributed by atoms with Crippen molar-refractivity contribution in [1.29, 1.82) is 5.41 Å². The molecule has 0 fully saturated rings. The van der Waals surface area contributed by atoms with Gasteiger partial charge in [0.25, 0.3) is 5.91 Å². The van der Waals surface area contributed by atoms with E-state index in [1.165, 1.54) is 16.8 Å². The number of carbonyl (C=O) groups is 1. The number of thioether (sulfide) groups is 1. The molecule has 10 nitrogen and oxygen atoms in total. The molecule has 2 aliphatic rings. The lowest BCUT2D eigenvalue weighted by atomic mass is 10.1. The Labute approximate surface area is 254 Å². The second-order valence-corrected chi connectivity index (χ2v) is 10.7. The Bertz CT molecular complexity index is 1540. The molecule has 0 bridgehead atoms. The van der Waals surface area contributed by atoms with Crippen LogP contribution in [-0.4, -0.2) is 61.0 Å². The van der Waals surface area contributed by atoms with Crippen LogP contribution in [0.1, 0.15) is 5.56 Å². The van der Waals surface area contributed by atoms with Gasteiger partial charge in [-0.15, -0.1) is 0 Å². The van der Waals surface area contributed by atoms with Crippen molar-refractivity contribution in [3.05, 3.63) is 81.4 Å². The summed E-state index contributed by atoms with van der Waals surface area (Å²) in [7, 11) is 3.16. The summed E-state index contributed by atoms with van der Waals surface area (Å²) in [5.41, 5.74) is 0.769. The van der Waals surface area contributed by atoms with Gasteiger partial charge in [-0.05, 0) is 94.5 Å². The van der Waals surface area contributed by atoms with Crippen LogP contribution in [0.2, 0.25) is 0 Å². The summed E-state index contributed by atoms with van der Waals surface area (Å²) in [6.07, 6.45) is 1.60. The summed E-state index contributed by atoms with van der Waals surface area (Å²) in [5.74, 6) is 2.64. The minimum absolute atomic E-state index is 0.0628. The molecule has 3 aromatic carbocycles. The molecule has 0 aromatic heterocycles. The third kappa shape index (κ3) is 6.82. The highest BCUT2D eigenvalue weighted by atomic mass is 127. The molecule has 1 N–H and O–H groups in total. The summed E-state index contributed by atoms with van der Waals surface area (Å²) in [5, 5.41) is 15.4. The standard InChI is InChI=1S/C29H25IN4O6S/c1-36-19-8-10-21(11-9-19)38-12-13-39-26-23(30)15-18(16-24(26)37-2)14-22-27(31)34-29(32-28(22)35)41-25(33-34)17-40-20-6-4-3-5-7-20/h3-11,14-16,31H,12-13,17H2,1-2H3/b22-14-,31-27?. The number of nitrogens with one attached hydrogen (secondary N) is 1. The number of amides is 1. The Hall–Kier alpha value is -4.04. The molecule has 5 rings (SSSR count). The van der Waals surface area contributed by atoms with Crippen molar-refractivity contribution < 1.29 is 28.5 Å². The minimum Gasteiger partial charge on any atom is -0.497 e. The van der Waals surface area contributed by atoms with Gasteiger partial charge >= 0.3 is 0 Å². The summed E-state index contributed by atoms with van der Waals surface area (Å²) in [4.78, 5) is 17.0. The highest BCUT2D eigenvalue weighted by molar-refractivity contribution is 14.1. The molecule has 210 valence electrons. The normalized spacial score (nSPS) is 15.3. The molecule has 3 aromatic rings. The predicted octanol–water partition coefficient (Wildman–Crippen LogP) is 5.46. The molecule has 2 aliphatic heterocycles. The maximum absolute atomic E-state index is 12.9. The van der Waals surface area contributed by atoms with Crippen LogP contribution < -0.4 is 23.7 Å². The lowest BCUT2D eigenvalue weighted by molar-refractivity contribution is -0.114. The summed E-state index contributed by atoms with van der Waals surface area (Å²) >= 11 is 3.36. The molecule has 41 heavy (non-hydrogen) atoms. The van der Waals surface area contributed by atoms with Gasteiger partial charge in [-0.1, -0.05) is 18.2 Å². The number of fused-ring (bicyclic) bond motifs is 1. The van der Waals surface area contributed by atoms with Crippen molar-refractivity contribution in [3.8, 4) is 28.7 Å². The van der Waals surface area contributed by atoms with E-state index < -0.39 is 5.91 Å². The lowest BCUT2D eigenvalue weighted by Crippen LogP contribution is -2.35. The van der Waals surface area contributed by atoms with Crippen molar-refractivity contribution in [1.82, 2.24) is 5.01 Å². The maximum atomic E-state index is 12.9. The van der Waals surface area contributed by atoms with Crippen LogP contribution in [0.15, 0.2) is 82.4 Å². The lowest BCUT2D eigenvalue weighted by Gasteiger charge is -2.20. The number of hydrogen-bond donors (Lipinski definition) is 1. The molecular formula is C29H25IN4O6S. The average molecular weight is 685 g/mol. The molecular weight excluding hydrogens is 659 g/mol. The van der Waals surface area contributed by atoms with Crippen molar-refractivity contribution in [2.45, 2.75) is 0 Å². The number of hydrazone groups is 1. The number of aliphatic imine (C=N–C) groups is 1. The third-order valence-corrected chi connectivity index (χ3v) is 7.51. The number of hydrogen-bond acceptors (Lipinski definition) is 9. The number of amidine groups is 2. The van der Waals surface area contributed by atoms with Crippen LogP contribution in [-0.2, 0) is 4.79 Å². The van der Waals surface area contributed by atoms with Crippen molar-refractivity contribution in [2.24, 2.45) is 10.1 Å². The molecule has 0 saturated carbocycles. The van der Waals surface area contributed by atoms with E-state index in [1.807, 2.05) is 60.7 Å². The monoisotopic (exact) mass is 684 g/mol. The van der Waals surface area contributed by atoms with Crippen LogP contribution in [0.3, 0.4) is 0 Å². The largest absolute Gasteiger partial charge is 0.497 e. The van der Waals surface area contributed by atoms with E-state index in [0.29, 0.717) is 52.0 Å². The van der Waals surface area contributed by atoms with Crippen LogP contribution in [0.5, 0.6) is 28.7 Å². The fourth-order valence-electron chi connectivity index (χ4n) is 3.86. The fourth-order valence-corrected chi connectivity index (χ4v) is 5.44. The number of methoxy groups -OCH3 is 2. The molecule has 2 heterocycles. The third-order valence-electron chi connectivity index (χ3n) is 5.82. The molecule has 0 saturated heterocycles. The zero-order valence-corrected chi connectivity index (χ0v) is 25.1. The minimum atomic E-state index is -0.515. The van der Waals surface area contributed by atoms with Gasteiger partial charge in [-0.3, -0.25) is 10.2 Å². The molecule has 1 amide bonds. The van der Waals surface area contributed by atoms with E-state index in [2.05, 4.69) is 32.7 Å². The molecule has 0 aliphatic carbocycles. The first-order valence-electron chi connectivity index (χ1n) is 12.4. The second-order valence-electron chi connectivity index (χ2n) is 8.52. The maximum Gasteiger partial charge on any atom is 0.283 e. The van der Waals surface area contributed by atoms with Crippen LogP contribution in [0.25, 0.3) is 6.08 Å². The van der Waals surface area contributed by atoms with E-state index in [4.69, 9.17) is 29.1 Å². The van der Waals surface area contributed by atoms with Gasteiger partial charge in [0.05, 0.1) is 23.4 Å². The topological polar surface area (TPSA) is 115 Å². The number of ether oxygens (including phenoxy) is 5. The van der Waals surface area contributed by atoms with Gasteiger partial charge < -0.3 is 23.7 Å². The van der Waals surface area contributed by atoms with E-state index in [1.54, 1.807) is 26.4 Å². The number of rotatable bonds is 11. The van der Waals surface area contributed by atoms with E-state index in [-0.39, 0.29) is 18.0 Å². The summed E-state index contributed by atoms with van der Waals surface area (Å²) in [6, 6.07) is 20.3. The zero-order valence-electron chi connectivity index (χ0n) is 22.1. The first kappa shape index (κ1) is 28.5. The molecule has 0 unspecified atom stereocenters. The van der Waals surface area contributed by atoms with Crippen LogP contribution in [0.4, 0.5) is 0 Å². The highest BCUT2D eigenvalue weighted by Gasteiger charge is 2.35. The van der Waals surface area contributed by atoms with Gasteiger partial charge in [-0.2, -0.15) is 15.1 Å². The summed E-state index contributed by atoms with van der Waals surface area (Å²) < 4.78 is 28.9. The Morgan fingerprint density at radius 1 is 0.927 bits per heavy atom. The van der Waals surface area contributed by atoms with Gasteiger partial charge in [-0.25, -0.2) is 0 Å². The number of nitrogens with zero attached hydrogens (tertiary/aromatic N) is 3. The fraction of sp³-hybridized carbons (Fsp3) is 0.172. The van der Waals surface area contributed by atoms with Crippen LogP contribution in [0, 0.1) is 8.98 Å². The smallest absolute Gasteiger partial charge is 0.283 e. The predicted molar refractivity (Wildman–Crippen MR) is 167 cm³/mol. The van der Waals surface area contributed by atoms with E-state index >= 15 is 0 Å². The molecule has 0 radical (unpaired) electrons. The molecule has 0 atom stereocenters. The zero-order chi connectivity index (χ0) is 28.8. The number of carbonyl (C=O) groups excluding carboxylic acids is 1. The summed E-state index contributed by atoms with van der Waals surface area (Å²) in [6.45, 7) is 0.823. The first-order chi connectivity index (χ1) is 19.9. The van der Waals surface area contributed by atoms with Crippen LogP contribution >= 0.6 is 34.4 Å². The molecule has 0 spiro atoms. The quantitative estimate of drug-likeness (QED) is 0.161. The van der Waals surface area contributed by atoms with Gasteiger partial charge in [0.15, 0.2) is 17.3 Å². The number of para-hydroxylation sites is 1. The number of halogens is 1.